The maximum atomic E-state index is 4.63. The Labute approximate surface area is 121 Å². The highest BCUT2D eigenvalue weighted by Gasteiger charge is 2.14. The van der Waals surface area contributed by atoms with Gasteiger partial charge in [0.15, 0.2) is 0 Å². The van der Waals surface area contributed by atoms with Crippen molar-refractivity contribution in [3.8, 4) is 0 Å². The molecule has 0 N–H and O–H groups in total. The minimum atomic E-state index is 1.04. The van der Waals surface area contributed by atoms with Crippen LogP contribution in [0, 0.1) is 6.92 Å². The Kier molecular flexibility index (Phi) is 3.99. The second-order valence-electron chi connectivity index (χ2n) is 5.87. The van der Waals surface area contributed by atoms with Crippen molar-refractivity contribution in [2.24, 2.45) is 0 Å². The molecule has 1 aliphatic rings. The van der Waals surface area contributed by atoms with Crippen LogP contribution in [0.3, 0.4) is 0 Å². The van der Waals surface area contributed by atoms with Gasteiger partial charge in [0.05, 0.1) is 5.52 Å². The summed E-state index contributed by atoms with van der Waals surface area (Å²) in [5.74, 6) is 0. The fourth-order valence-corrected chi connectivity index (χ4v) is 3.02. The lowest BCUT2D eigenvalue weighted by Gasteiger charge is -2.21. The molecule has 2 heterocycles. The van der Waals surface area contributed by atoms with E-state index >= 15 is 0 Å². The van der Waals surface area contributed by atoms with Crippen molar-refractivity contribution in [2.45, 2.75) is 19.9 Å². The highest BCUT2D eigenvalue weighted by molar-refractivity contribution is 5.82. The fourth-order valence-electron chi connectivity index (χ4n) is 3.02. The third-order valence-corrected chi connectivity index (χ3v) is 4.14. The van der Waals surface area contributed by atoms with Crippen molar-refractivity contribution >= 4 is 10.9 Å². The zero-order chi connectivity index (χ0) is 13.9. The van der Waals surface area contributed by atoms with Crippen LogP contribution in [-0.4, -0.2) is 48.0 Å². The van der Waals surface area contributed by atoms with Crippen molar-refractivity contribution in [3.05, 3.63) is 41.6 Å². The first-order valence-corrected chi connectivity index (χ1v) is 7.48. The lowest BCUT2D eigenvalue weighted by Crippen LogP contribution is -2.28. The predicted octanol–water partition coefficient (Wildman–Crippen LogP) is 2.68. The van der Waals surface area contributed by atoms with Crippen molar-refractivity contribution in [3.63, 3.8) is 0 Å². The molecular formula is C17H23N3. The lowest BCUT2D eigenvalue weighted by atomic mass is 10.1. The molecule has 106 valence electrons. The second kappa shape index (κ2) is 5.90. The van der Waals surface area contributed by atoms with E-state index in [-0.39, 0.29) is 0 Å². The van der Waals surface area contributed by atoms with E-state index in [1.165, 1.54) is 37.0 Å². The van der Waals surface area contributed by atoms with Gasteiger partial charge < -0.3 is 4.90 Å². The summed E-state index contributed by atoms with van der Waals surface area (Å²) in [7, 11) is 2.22. The monoisotopic (exact) mass is 269 g/mol. The summed E-state index contributed by atoms with van der Waals surface area (Å²) >= 11 is 0. The average molecular weight is 269 g/mol. The Morgan fingerprint density at radius 1 is 1.10 bits per heavy atom. The van der Waals surface area contributed by atoms with Gasteiger partial charge in [-0.05, 0) is 51.2 Å². The molecule has 0 saturated carbocycles. The van der Waals surface area contributed by atoms with Crippen LogP contribution in [0.5, 0.6) is 0 Å². The molecule has 1 fully saturated rings. The van der Waals surface area contributed by atoms with Gasteiger partial charge in [0.2, 0.25) is 0 Å². The van der Waals surface area contributed by atoms with Gasteiger partial charge in [0.25, 0.3) is 0 Å². The van der Waals surface area contributed by atoms with E-state index in [2.05, 4.69) is 59.1 Å². The molecule has 1 aromatic heterocycles. The Morgan fingerprint density at radius 3 is 2.85 bits per heavy atom. The summed E-state index contributed by atoms with van der Waals surface area (Å²) in [6, 6.07) is 10.7. The van der Waals surface area contributed by atoms with Gasteiger partial charge in [-0.15, -0.1) is 0 Å². The van der Waals surface area contributed by atoms with E-state index in [0.29, 0.717) is 0 Å². The van der Waals surface area contributed by atoms with Crippen LogP contribution in [-0.2, 0) is 6.54 Å². The normalized spacial score (nSPS) is 18.3. The number of benzene rings is 1. The number of fused-ring (bicyclic) bond motifs is 1. The van der Waals surface area contributed by atoms with E-state index in [1.807, 2.05) is 0 Å². The molecule has 3 heteroatoms. The third kappa shape index (κ3) is 3.00. The quantitative estimate of drug-likeness (QED) is 0.835. The largest absolute Gasteiger partial charge is 0.305 e. The zero-order valence-corrected chi connectivity index (χ0v) is 12.5. The molecule has 0 spiro atoms. The first-order valence-electron chi connectivity index (χ1n) is 7.48. The Morgan fingerprint density at radius 2 is 1.95 bits per heavy atom. The van der Waals surface area contributed by atoms with Crippen LogP contribution in [0.15, 0.2) is 30.3 Å². The van der Waals surface area contributed by atoms with Gasteiger partial charge in [0, 0.05) is 30.7 Å². The first kappa shape index (κ1) is 13.5. The number of nitrogens with zero attached hydrogens (tertiary/aromatic N) is 3. The summed E-state index contributed by atoms with van der Waals surface area (Å²) < 4.78 is 0. The summed E-state index contributed by atoms with van der Waals surface area (Å²) in [6.07, 6.45) is 1.26. The van der Waals surface area contributed by atoms with Gasteiger partial charge in [-0.25, -0.2) is 0 Å². The first-order chi connectivity index (χ1) is 9.72. The smallest absolute Gasteiger partial charge is 0.0708 e. The summed E-state index contributed by atoms with van der Waals surface area (Å²) in [5, 5.41) is 1.30. The van der Waals surface area contributed by atoms with Gasteiger partial charge in [-0.3, -0.25) is 9.88 Å². The molecular weight excluding hydrogens is 246 g/mol. The van der Waals surface area contributed by atoms with Gasteiger partial charge in [0.1, 0.15) is 0 Å². The Bertz CT molecular complexity index is 594. The van der Waals surface area contributed by atoms with Gasteiger partial charge >= 0.3 is 0 Å². The number of hydrogen-bond donors (Lipinski definition) is 0. The van der Waals surface area contributed by atoms with Gasteiger partial charge in [-0.2, -0.15) is 0 Å². The maximum absolute atomic E-state index is 4.63. The molecule has 0 radical (unpaired) electrons. The zero-order valence-electron chi connectivity index (χ0n) is 12.5. The number of aromatic nitrogens is 1. The number of para-hydroxylation sites is 1. The van der Waals surface area contributed by atoms with Crippen molar-refractivity contribution in [2.75, 3.05) is 33.2 Å². The Hall–Kier alpha value is -1.45. The van der Waals surface area contributed by atoms with E-state index in [4.69, 9.17) is 0 Å². The molecule has 20 heavy (non-hydrogen) atoms. The van der Waals surface area contributed by atoms with Crippen LogP contribution < -0.4 is 0 Å². The van der Waals surface area contributed by atoms with Crippen LogP contribution in [0.1, 0.15) is 17.7 Å². The van der Waals surface area contributed by atoms with Crippen LogP contribution in [0.2, 0.25) is 0 Å². The highest BCUT2D eigenvalue weighted by Crippen LogP contribution is 2.20. The van der Waals surface area contributed by atoms with E-state index in [1.54, 1.807) is 0 Å². The molecule has 0 unspecified atom stereocenters. The second-order valence-corrected chi connectivity index (χ2v) is 5.87. The topological polar surface area (TPSA) is 19.4 Å². The van der Waals surface area contributed by atoms with E-state index in [0.717, 1.165) is 24.3 Å². The fraction of sp³-hybridized carbons (Fsp3) is 0.471. The molecule has 0 bridgehead atoms. The highest BCUT2D eigenvalue weighted by atomic mass is 15.2. The lowest BCUT2D eigenvalue weighted by molar-refractivity contribution is 0.270. The van der Waals surface area contributed by atoms with Crippen LogP contribution >= 0.6 is 0 Å². The molecule has 0 atom stereocenters. The summed E-state index contributed by atoms with van der Waals surface area (Å²) in [5.41, 5.74) is 3.65. The van der Waals surface area contributed by atoms with Crippen molar-refractivity contribution < 1.29 is 0 Å². The standard InChI is InChI=1S/C17H23N3/c1-14-12-15(16-6-3-4-7-17(16)18-14)13-20-9-5-8-19(2)10-11-20/h3-4,6-7,12H,5,8-11,13H2,1-2H3. The SMILES string of the molecule is Cc1cc(CN2CCCN(C)CC2)c2ccccc2n1. The summed E-state index contributed by atoms with van der Waals surface area (Å²) in [6.45, 7) is 7.87. The van der Waals surface area contributed by atoms with E-state index in [9.17, 15) is 0 Å². The minimum Gasteiger partial charge on any atom is -0.305 e. The van der Waals surface area contributed by atoms with Crippen LogP contribution in [0.25, 0.3) is 10.9 Å². The predicted molar refractivity (Wildman–Crippen MR) is 83.9 cm³/mol. The average Bonchev–Trinajstić information content (AvgIpc) is 2.64. The van der Waals surface area contributed by atoms with Crippen LogP contribution in [0.4, 0.5) is 0 Å². The molecule has 3 nitrogen and oxygen atoms in total. The Balaban J connectivity index is 1.86. The number of aryl methyl sites for hydroxylation is 1. The van der Waals surface area contributed by atoms with Crippen molar-refractivity contribution in [1.29, 1.82) is 0 Å². The molecule has 3 rings (SSSR count). The molecule has 1 aliphatic heterocycles. The molecule has 0 aliphatic carbocycles. The number of pyridine rings is 1. The molecule has 0 amide bonds. The number of likely N-dealkylation sites (N-methyl/N-ethyl adjacent to an activating group) is 1. The minimum absolute atomic E-state index is 1.04. The third-order valence-electron chi connectivity index (χ3n) is 4.14. The molecule has 1 saturated heterocycles. The van der Waals surface area contributed by atoms with Crippen molar-refractivity contribution in [1.82, 2.24) is 14.8 Å². The molecule has 1 aromatic carbocycles. The maximum Gasteiger partial charge on any atom is 0.0708 e. The van der Waals surface area contributed by atoms with E-state index < -0.39 is 0 Å². The summed E-state index contributed by atoms with van der Waals surface area (Å²) in [4.78, 5) is 9.63. The number of hydrogen-bond acceptors (Lipinski definition) is 3. The number of rotatable bonds is 2. The van der Waals surface area contributed by atoms with Gasteiger partial charge in [-0.1, -0.05) is 18.2 Å². The molecule has 2 aromatic rings.